The zero-order valence-corrected chi connectivity index (χ0v) is 21.5. The van der Waals surface area contributed by atoms with Crippen molar-refractivity contribution in [2.75, 3.05) is 19.1 Å². The second-order valence-corrected chi connectivity index (χ2v) is 9.34. The summed E-state index contributed by atoms with van der Waals surface area (Å²) in [5, 5.41) is 12.7. The number of rotatable bonds is 5. The average molecular weight is 512 g/mol. The van der Waals surface area contributed by atoms with Crippen molar-refractivity contribution in [3.63, 3.8) is 0 Å². The van der Waals surface area contributed by atoms with Crippen LogP contribution in [0.15, 0.2) is 41.7 Å². The number of carbonyl (C=O) groups is 1. The molecule has 0 aliphatic carbocycles. The molecule has 0 bridgehead atoms. The maximum Gasteiger partial charge on any atom is 0.420 e. The largest absolute Gasteiger partial charge is 0.493 e. The summed E-state index contributed by atoms with van der Waals surface area (Å²) in [6, 6.07) is 8.73. The molecule has 1 N–H and O–H groups in total. The lowest BCUT2D eigenvalue weighted by Gasteiger charge is -2.29. The Labute approximate surface area is 212 Å². The molecule has 188 valence electrons. The van der Waals surface area contributed by atoms with Crippen LogP contribution in [0, 0.1) is 6.92 Å². The maximum absolute atomic E-state index is 13.7. The van der Waals surface area contributed by atoms with Crippen molar-refractivity contribution >= 4 is 52.0 Å². The highest BCUT2D eigenvalue weighted by Crippen LogP contribution is 2.40. The Morgan fingerprint density at radius 1 is 1.17 bits per heavy atom. The molecule has 0 saturated heterocycles. The molecule has 2 aromatic heterocycles. The Morgan fingerprint density at radius 2 is 1.86 bits per heavy atom. The summed E-state index contributed by atoms with van der Waals surface area (Å²) >= 11 is 6.61. The van der Waals surface area contributed by atoms with E-state index in [1.165, 1.54) is 31.5 Å². The highest BCUT2D eigenvalue weighted by molar-refractivity contribution is 6.34. The highest BCUT2D eigenvalue weighted by atomic mass is 35.5. The monoisotopic (exact) mass is 511 g/mol. The number of halogens is 1. The van der Waals surface area contributed by atoms with E-state index in [1.807, 2.05) is 13.0 Å². The normalized spacial score (nSPS) is 11.9. The smallest absolute Gasteiger partial charge is 0.420 e. The number of aromatic nitrogens is 3. The number of amides is 1. The van der Waals surface area contributed by atoms with Gasteiger partial charge in [0.2, 0.25) is 0 Å². The number of ether oxygens (including phenoxy) is 3. The van der Waals surface area contributed by atoms with Crippen molar-refractivity contribution in [2.45, 2.75) is 33.3 Å². The molecule has 0 fully saturated rings. The molecule has 0 saturated carbocycles. The van der Waals surface area contributed by atoms with Crippen LogP contribution in [0.5, 0.6) is 11.5 Å². The number of fused-ring (bicyclic) bond motifs is 3. The van der Waals surface area contributed by atoms with Crippen LogP contribution < -0.4 is 14.4 Å². The topological polar surface area (TPSA) is 111 Å². The lowest BCUT2D eigenvalue weighted by Crippen LogP contribution is -2.35. The fourth-order valence-electron chi connectivity index (χ4n) is 3.88. The first-order valence-electron chi connectivity index (χ1n) is 11.0. The summed E-state index contributed by atoms with van der Waals surface area (Å²) in [6.07, 6.45) is 2.04. The van der Waals surface area contributed by atoms with E-state index >= 15 is 0 Å². The third-order valence-corrected chi connectivity index (χ3v) is 5.64. The van der Waals surface area contributed by atoms with Crippen LogP contribution in [0.2, 0.25) is 5.02 Å². The fourth-order valence-corrected chi connectivity index (χ4v) is 4.19. The Hall–Kier alpha value is -4.05. The molecular formula is C25H26ClN5O5. The minimum atomic E-state index is -0.789. The van der Waals surface area contributed by atoms with Gasteiger partial charge in [-0.15, -0.1) is 0 Å². The van der Waals surface area contributed by atoms with Gasteiger partial charge in [-0.05, 0) is 39.3 Å². The number of benzene rings is 2. The number of methoxy groups -OCH3 is 2. The summed E-state index contributed by atoms with van der Waals surface area (Å²) in [5.41, 5.74) is 1.84. The van der Waals surface area contributed by atoms with Gasteiger partial charge < -0.3 is 19.4 Å². The van der Waals surface area contributed by atoms with E-state index in [-0.39, 0.29) is 5.82 Å². The van der Waals surface area contributed by atoms with Crippen LogP contribution in [0.25, 0.3) is 16.6 Å². The van der Waals surface area contributed by atoms with Gasteiger partial charge in [-0.1, -0.05) is 28.9 Å². The van der Waals surface area contributed by atoms with Crippen molar-refractivity contribution in [3.05, 3.63) is 52.9 Å². The quantitative estimate of drug-likeness (QED) is 0.206. The Bertz CT molecular complexity index is 1470. The van der Waals surface area contributed by atoms with Gasteiger partial charge in [-0.25, -0.2) is 19.7 Å². The van der Waals surface area contributed by atoms with Gasteiger partial charge in [0.15, 0.2) is 23.1 Å². The number of hydrogen-bond acceptors (Lipinski definition) is 8. The number of aryl methyl sites for hydroxylation is 1. The molecule has 2 heterocycles. The van der Waals surface area contributed by atoms with Crippen LogP contribution >= 0.6 is 11.6 Å². The van der Waals surface area contributed by atoms with E-state index < -0.39 is 11.7 Å². The van der Waals surface area contributed by atoms with Gasteiger partial charge in [-0.2, -0.15) is 0 Å². The van der Waals surface area contributed by atoms with Crippen LogP contribution in [-0.4, -0.2) is 51.7 Å². The third-order valence-electron chi connectivity index (χ3n) is 5.34. The van der Waals surface area contributed by atoms with Crippen LogP contribution in [0.4, 0.5) is 16.3 Å². The number of anilines is 2. The van der Waals surface area contributed by atoms with E-state index in [0.717, 1.165) is 5.56 Å². The zero-order chi connectivity index (χ0) is 26.2. The summed E-state index contributed by atoms with van der Waals surface area (Å²) in [6.45, 7) is 7.16. The maximum atomic E-state index is 13.7. The molecule has 11 heteroatoms. The van der Waals surface area contributed by atoms with Gasteiger partial charge in [0, 0.05) is 12.1 Å². The van der Waals surface area contributed by atoms with Gasteiger partial charge in [-0.3, -0.25) is 4.40 Å². The molecule has 1 amide bonds. The molecule has 36 heavy (non-hydrogen) atoms. The van der Waals surface area contributed by atoms with Crippen molar-refractivity contribution in [2.24, 2.45) is 5.16 Å². The first-order valence-corrected chi connectivity index (χ1v) is 11.4. The second kappa shape index (κ2) is 9.54. The van der Waals surface area contributed by atoms with Crippen molar-refractivity contribution in [1.29, 1.82) is 0 Å². The number of para-hydroxylation sites is 1. The van der Waals surface area contributed by atoms with E-state index in [2.05, 4.69) is 10.1 Å². The van der Waals surface area contributed by atoms with E-state index in [1.54, 1.807) is 49.4 Å². The molecule has 4 rings (SSSR count). The number of imidazole rings is 1. The summed E-state index contributed by atoms with van der Waals surface area (Å²) in [4.78, 5) is 24.2. The lowest BCUT2D eigenvalue weighted by molar-refractivity contribution is 0.0598. The molecule has 0 aliphatic rings. The first kappa shape index (κ1) is 25.1. The van der Waals surface area contributed by atoms with Crippen molar-refractivity contribution in [1.82, 2.24) is 14.4 Å². The number of hydrogen-bond donors (Lipinski definition) is 1. The van der Waals surface area contributed by atoms with Crippen LogP contribution in [0.3, 0.4) is 0 Å². The zero-order valence-electron chi connectivity index (χ0n) is 20.7. The van der Waals surface area contributed by atoms with Gasteiger partial charge in [0.05, 0.1) is 42.2 Å². The predicted octanol–water partition coefficient (Wildman–Crippen LogP) is 5.74. The van der Waals surface area contributed by atoms with E-state index in [9.17, 15) is 10.0 Å². The SMILES string of the molecule is COc1cc2nc(N(C(=O)OC(C)(C)C)c3c(C)cccc3Cl)c3cnc(C=NO)n3c2cc1OC. The molecule has 0 spiro atoms. The molecule has 10 nitrogen and oxygen atoms in total. The standard InChI is InChI=1S/C25H26ClN5O5/c1-14-8-7-9-15(26)22(14)31(24(32)36-25(2,3)4)23-18-12-27-21(13-28-33)30(18)17-11-20(35-6)19(34-5)10-16(17)29-23/h7-13,33H,1-6H3. The van der Waals surface area contributed by atoms with E-state index in [4.69, 9.17) is 30.8 Å². The fraction of sp³-hybridized carbons (Fsp3) is 0.280. The molecule has 0 atom stereocenters. The molecule has 4 aromatic rings. The summed E-state index contributed by atoms with van der Waals surface area (Å²) < 4.78 is 18.4. The Balaban J connectivity index is 2.14. The second-order valence-electron chi connectivity index (χ2n) is 8.93. The minimum Gasteiger partial charge on any atom is -0.493 e. The highest BCUT2D eigenvalue weighted by Gasteiger charge is 2.31. The van der Waals surface area contributed by atoms with E-state index in [0.29, 0.717) is 44.6 Å². The number of oxime groups is 1. The molecule has 0 aliphatic heterocycles. The van der Waals surface area contributed by atoms with Gasteiger partial charge in [0.1, 0.15) is 17.3 Å². The summed E-state index contributed by atoms with van der Waals surface area (Å²) in [5.74, 6) is 1.42. The Morgan fingerprint density at radius 3 is 2.47 bits per heavy atom. The summed E-state index contributed by atoms with van der Waals surface area (Å²) in [7, 11) is 3.04. The number of carbonyl (C=O) groups excluding carboxylic acids is 1. The van der Waals surface area contributed by atoms with Gasteiger partial charge >= 0.3 is 6.09 Å². The lowest BCUT2D eigenvalue weighted by atomic mass is 10.1. The molecular weight excluding hydrogens is 486 g/mol. The molecule has 0 unspecified atom stereocenters. The van der Waals surface area contributed by atoms with Gasteiger partial charge in [0.25, 0.3) is 0 Å². The Kier molecular flexibility index (Phi) is 6.64. The van der Waals surface area contributed by atoms with Crippen molar-refractivity contribution < 1.29 is 24.2 Å². The van der Waals surface area contributed by atoms with Crippen LogP contribution in [-0.2, 0) is 4.74 Å². The average Bonchev–Trinajstić information content (AvgIpc) is 3.23. The minimum absolute atomic E-state index is 0.213. The molecule has 2 aromatic carbocycles. The number of nitrogens with zero attached hydrogens (tertiary/aromatic N) is 5. The first-order chi connectivity index (χ1) is 17.1. The predicted molar refractivity (Wildman–Crippen MR) is 138 cm³/mol. The third kappa shape index (κ3) is 4.47. The van der Waals surface area contributed by atoms with Crippen molar-refractivity contribution in [3.8, 4) is 11.5 Å². The van der Waals surface area contributed by atoms with Crippen LogP contribution in [0.1, 0.15) is 32.2 Å². The molecule has 0 radical (unpaired) electrons.